The maximum atomic E-state index is 10.8. The fraction of sp³-hybridized carbons (Fsp3) is 1.00. The third-order valence-electron chi connectivity index (χ3n) is 2.23. The van der Waals surface area contributed by atoms with Crippen LogP contribution in [0.25, 0.3) is 0 Å². The Morgan fingerprint density at radius 3 is 0.900 bits per heavy atom. The summed E-state index contributed by atoms with van der Waals surface area (Å²) in [6.45, 7) is -1.48. The fourth-order valence-electron chi connectivity index (χ4n) is 1.64. The minimum Gasteiger partial charge on any atom is -0.810 e. The molecule has 0 aromatic heterocycles. The Morgan fingerprint density at radius 2 is 0.733 bits per heavy atom. The molecular formula is C6H13CdK5N2O12P4. The Kier molecular flexibility index (Phi) is 48.6. The van der Waals surface area contributed by atoms with Gasteiger partial charge in [0.15, 0.2) is 0 Å². The van der Waals surface area contributed by atoms with Gasteiger partial charge in [-0.3, -0.25) is 9.80 Å². The second-order valence-electron chi connectivity index (χ2n) is 4.82. The molecule has 1 unspecified atom stereocenters. The first-order valence-electron chi connectivity index (χ1n) is 5.87. The first kappa shape index (κ1) is 55.5. The van der Waals surface area contributed by atoms with E-state index in [0.717, 1.165) is 0 Å². The van der Waals surface area contributed by atoms with Gasteiger partial charge in [-0.15, -0.1) is 0 Å². The van der Waals surface area contributed by atoms with Crippen LogP contribution in [-0.4, -0.2) is 52.9 Å². The van der Waals surface area contributed by atoms with Crippen LogP contribution in [0, 0.1) is 0 Å². The average Bonchev–Trinajstić information content (AvgIpc) is 2.16. The van der Waals surface area contributed by atoms with E-state index in [-0.39, 0.29) is 284 Å². The Labute approximate surface area is 407 Å². The van der Waals surface area contributed by atoms with E-state index >= 15 is 0 Å². The van der Waals surface area contributed by atoms with E-state index in [2.05, 4.69) is 0 Å². The molecule has 1 N–H and O–H groups in total. The molecule has 0 radical (unpaired) electrons. The van der Waals surface area contributed by atoms with Crippen molar-refractivity contribution in [3.8, 4) is 0 Å². The van der Waals surface area contributed by atoms with Crippen molar-refractivity contribution in [2.45, 2.75) is 0 Å². The molecule has 0 heterocycles. The minimum atomic E-state index is -5.29. The molecule has 0 aromatic rings. The molecule has 0 saturated carbocycles. The molecule has 1 atom stereocenters. The maximum absolute atomic E-state index is 10.8. The molecule has 0 aliphatic rings. The van der Waals surface area contributed by atoms with Gasteiger partial charge in [-0.1, -0.05) is 22.8 Å². The smallest absolute Gasteiger partial charge is 0.810 e. The number of hydrogen-bond acceptors (Lipinski definition) is 13. The SMILES string of the molecule is O=P([O-])([O-])CN(CCN(CP(=O)([O-])[O-])CP(=O)([O-])O)CP(=O)([O-])[O-].[Cd+2].[K+].[K+].[K+].[K+].[K+]. The fourth-order valence-corrected chi connectivity index (χ4v) is 4.90. The third-order valence-corrected chi connectivity index (χ3v) is 5.23. The second-order valence-corrected chi connectivity index (χ2v) is 10.9. The Hall–Kier alpha value is 9.62. The summed E-state index contributed by atoms with van der Waals surface area (Å²) in [4.78, 5) is 84.2. The largest absolute Gasteiger partial charge is 2.00 e. The molecule has 0 bridgehead atoms. The predicted octanol–water partition coefficient (Wildman–Crippen LogP) is -21.3. The van der Waals surface area contributed by atoms with Crippen LogP contribution >= 0.6 is 30.4 Å². The molecular weight excluding hydrogens is 724 g/mol. The van der Waals surface area contributed by atoms with E-state index in [1.807, 2.05) is 0 Å². The van der Waals surface area contributed by atoms with Crippen molar-refractivity contribution in [2.75, 3.05) is 38.2 Å². The van der Waals surface area contributed by atoms with E-state index in [9.17, 15) is 52.5 Å². The van der Waals surface area contributed by atoms with Gasteiger partial charge in [0.25, 0.3) is 0 Å². The van der Waals surface area contributed by atoms with Gasteiger partial charge in [-0.05, 0) is 0 Å². The topological polar surface area (TPSA) is 256 Å². The summed E-state index contributed by atoms with van der Waals surface area (Å²) in [6.07, 6.45) is -5.45. The molecule has 0 fully saturated rings. The summed E-state index contributed by atoms with van der Waals surface area (Å²) in [6, 6.07) is 0. The van der Waals surface area contributed by atoms with Crippen LogP contribution in [0.4, 0.5) is 0 Å². The number of rotatable bonds is 11. The van der Waals surface area contributed by atoms with Crippen molar-refractivity contribution in [1.29, 1.82) is 0 Å². The molecule has 0 spiro atoms. The van der Waals surface area contributed by atoms with Crippen LogP contribution in [0.2, 0.25) is 0 Å². The normalized spacial score (nSPS) is 13.3. The van der Waals surface area contributed by atoms with E-state index in [1.54, 1.807) is 0 Å². The van der Waals surface area contributed by atoms with Crippen LogP contribution in [0.5, 0.6) is 0 Å². The maximum Gasteiger partial charge on any atom is 2.00 e. The minimum absolute atomic E-state index is 0. The quantitative estimate of drug-likeness (QED) is 0.153. The molecule has 0 amide bonds. The summed E-state index contributed by atoms with van der Waals surface area (Å²) < 4.78 is 42.8. The third kappa shape index (κ3) is 42.1. The van der Waals surface area contributed by atoms with Crippen LogP contribution in [0.1, 0.15) is 0 Å². The van der Waals surface area contributed by atoms with Crippen LogP contribution < -0.4 is 291 Å². The second kappa shape index (κ2) is 26.3. The van der Waals surface area contributed by atoms with Crippen LogP contribution in [0.3, 0.4) is 0 Å². The van der Waals surface area contributed by atoms with Crippen molar-refractivity contribution in [2.24, 2.45) is 0 Å². The molecule has 0 aliphatic carbocycles. The molecule has 0 saturated heterocycles. The number of nitrogens with zero attached hydrogens (tertiary/aromatic N) is 2. The number of hydrogen-bond donors (Lipinski definition) is 1. The van der Waals surface area contributed by atoms with E-state index < -0.39 is 68.6 Å². The summed E-state index contributed by atoms with van der Waals surface area (Å²) in [5.41, 5.74) is 0. The molecule has 14 nitrogen and oxygen atoms in total. The summed E-state index contributed by atoms with van der Waals surface area (Å²) in [5, 5.41) is 0. The van der Waals surface area contributed by atoms with Gasteiger partial charge in [0.05, 0.1) is 6.29 Å². The van der Waals surface area contributed by atoms with Gasteiger partial charge in [0, 0.05) is 31.9 Å². The molecule has 30 heavy (non-hydrogen) atoms. The summed E-state index contributed by atoms with van der Waals surface area (Å²) in [7, 11) is -20.9. The summed E-state index contributed by atoms with van der Waals surface area (Å²) in [5.74, 6) is 0. The molecule has 146 valence electrons. The Balaban J connectivity index is -0.000000176. The first-order chi connectivity index (χ1) is 10.4. The van der Waals surface area contributed by atoms with Gasteiger partial charge in [0.1, 0.15) is 7.60 Å². The molecule has 24 heteroatoms. The zero-order valence-electron chi connectivity index (χ0n) is 17.6. The van der Waals surface area contributed by atoms with Crippen LogP contribution in [-0.2, 0) is 45.6 Å². The zero-order chi connectivity index (χ0) is 19.4. The van der Waals surface area contributed by atoms with Gasteiger partial charge in [-0.25, -0.2) is 0 Å². The van der Waals surface area contributed by atoms with Crippen molar-refractivity contribution >= 4 is 30.4 Å². The van der Waals surface area contributed by atoms with E-state index in [0.29, 0.717) is 9.80 Å². The van der Waals surface area contributed by atoms with Gasteiger partial charge < -0.3 is 57.4 Å². The summed E-state index contributed by atoms with van der Waals surface area (Å²) >= 11 is 0. The Morgan fingerprint density at radius 1 is 0.533 bits per heavy atom. The average molecular weight is 737 g/mol. The van der Waals surface area contributed by atoms with Gasteiger partial charge >= 0.3 is 284 Å². The van der Waals surface area contributed by atoms with Crippen LogP contribution in [0.15, 0.2) is 0 Å². The Bertz CT molecular complexity index is 512. The van der Waals surface area contributed by atoms with Gasteiger partial charge in [0.2, 0.25) is 0 Å². The molecule has 0 aliphatic heterocycles. The predicted molar refractivity (Wildman–Crippen MR) is 65.5 cm³/mol. The zero-order valence-corrected chi connectivity index (χ0v) is 40.8. The van der Waals surface area contributed by atoms with Gasteiger partial charge in [-0.2, -0.15) is 0 Å². The van der Waals surface area contributed by atoms with E-state index in [1.165, 1.54) is 0 Å². The van der Waals surface area contributed by atoms with E-state index in [4.69, 9.17) is 4.89 Å². The first-order valence-corrected chi connectivity index (χ1v) is 12.8. The molecule has 0 aromatic carbocycles. The van der Waals surface area contributed by atoms with Crippen molar-refractivity contribution in [3.05, 3.63) is 0 Å². The monoisotopic (exact) mass is 738 g/mol. The standard InChI is InChI=1S/C6H20N2O12P4.Cd.5K/c9-21(10,11)3-7(4-22(12,13)14)1-2-8(5-23(15,16)17)6-24(18,19)20;;;;;;/h1-6H2,(H2,9,10,11)(H2,12,13,14)(H2,15,16,17)(H2,18,19,20);;;;;;/q;+2;5*+1/p-7. The van der Waals surface area contributed by atoms with Crippen molar-refractivity contribution < 1.29 is 342 Å². The van der Waals surface area contributed by atoms with Crippen molar-refractivity contribution in [1.82, 2.24) is 9.80 Å². The molecule has 0 rings (SSSR count). The van der Waals surface area contributed by atoms with Crippen molar-refractivity contribution in [3.63, 3.8) is 0 Å².